The molecular weight excluding hydrogens is 182 g/mol. The molecule has 1 atom stereocenters. The third-order valence-electron chi connectivity index (χ3n) is 2.35. The number of rotatable bonds is 1. The highest BCUT2D eigenvalue weighted by Crippen LogP contribution is 2.23. The summed E-state index contributed by atoms with van der Waals surface area (Å²) < 4.78 is 0. The van der Waals surface area contributed by atoms with Crippen LogP contribution < -0.4 is 4.90 Å². The summed E-state index contributed by atoms with van der Waals surface area (Å²) in [5.41, 5.74) is 1.20. The average molecular weight is 194 g/mol. The Labute approximate surface area is 83.6 Å². The van der Waals surface area contributed by atoms with Gasteiger partial charge in [-0.1, -0.05) is 29.8 Å². The second-order valence-corrected chi connectivity index (χ2v) is 3.74. The molecular formula is C11H12ClN. The van der Waals surface area contributed by atoms with Crippen LogP contribution in [0.3, 0.4) is 0 Å². The van der Waals surface area contributed by atoms with Crippen molar-refractivity contribution >= 4 is 17.3 Å². The molecule has 0 saturated carbocycles. The number of benzene rings is 1. The summed E-state index contributed by atoms with van der Waals surface area (Å²) >= 11 is 5.92. The number of hydrogen-bond acceptors (Lipinski definition) is 1. The summed E-state index contributed by atoms with van der Waals surface area (Å²) in [6.45, 7) is 3.17. The zero-order valence-corrected chi connectivity index (χ0v) is 8.33. The number of halogens is 1. The quantitative estimate of drug-likeness (QED) is 0.620. The van der Waals surface area contributed by atoms with Crippen LogP contribution in [0.15, 0.2) is 36.4 Å². The third kappa shape index (κ3) is 1.70. The molecule has 0 spiro atoms. The third-order valence-corrected chi connectivity index (χ3v) is 2.58. The Morgan fingerprint density at radius 2 is 2.31 bits per heavy atom. The molecule has 0 radical (unpaired) electrons. The van der Waals surface area contributed by atoms with Crippen molar-refractivity contribution in [2.75, 3.05) is 11.4 Å². The molecule has 1 nitrogen and oxygen atoms in total. The van der Waals surface area contributed by atoms with E-state index in [0.717, 1.165) is 11.6 Å². The van der Waals surface area contributed by atoms with Gasteiger partial charge in [0.25, 0.3) is 0 Å². The van der Waals surface area contributed by atoms with Gasteiger partial charge in [0, 0.05) is 23.3 Å². The van der Waals surface area contributed by atoms with Crippen molar-refractivity contribution in [1.29, 1.82) is 0 Å². The van der Waals surface area contributed by atoms with Crippen molar-refractivity contribution in [2.45, 2.75) is 13.0 Å². The van der Waals surface area contributed by atoms with Crippen LogP contribution in [-0.2, 0) is 0 Å². The fourth-order valence-corrected chi connectivity index (χ4v) is 1.82. The molecule has 0 N–H and O–H groups in total. The van der Waals surface area contributed by atoms with Gasteiger partial charge >= 0.3 is 0 Å². The molecule has 1 heterocycles. The molecule has 0 amide bonds. The van der Waals surface area contributed by atoms with E-state index in [9.17, 15) is 0 Å². The monoisotopic (exact) mass is 193 g/mol. The van der Waals surface area contributed by atoms with E-state index in [1.165, 1.54) is 5.69 Å². The van der Waals surface area contributed by atoms with Crippen LogP contribution in [0.4, 0.5) is 5.69 Å². The van der Waals surface area contributed by atoms with Gasteiger partial charge in [0.1, 0.15) is 0 Å². The van der Waals surface area contributed by atoms with E-state index >= 15 is 0 Å². The lowest BCUT2D eigenvalue weighted by Crippen LogP contribution is -2.26. The summed E-state index contributed by atoms with van der Waals surface area (Å²) in [4.78, 5) is 2.31. The van der Waals surface area contributed by atoms with Crippen LogP contribution in [0.25, 0.3) is 0 Å². The zero-order valence-electron chi connectivity index (χ0n) is 7.57. The van der Waals surface area contributed by atoms with Crippen LogP contribution in [-0.4, -0.2) is 12.6 Å². The highest BCUT2D eigenvalue weighted by Gasteiger charge is 2.14. The lowest BCUT2D eigenvalue weighted by molar-refractivity contribution is 0.826. The van der Waals surface area contributed by atoms with E-state index in [4.69, 9.17) is 11.6 Å². The molecule has 1 aliphatic rings. The van der Waals surface area contributed by atoms with Crippen molar-refractivity contribution < 1.29 is 0 Å². The van der Waals surface area contributed by atoms with Crippen LogP contribution in [0, 0.1) is 0 Å². The highest BCUT2D eigenvalue weighted by molar-refractivity contribution is 6.30. The molecule has 0 fully saturated rings. The zero-order chi connectivity index (χ0) is 9.26. The van der Waals surface area contributed by atoms with Crippen LogP contribution in [0.5, 0.6) is 0 Å². The van der Waals surface area contributed by atoms with Crippen LogP contribution in [0.1, 0.15) is 6.92 Å². The second kappa shape index (κ2) is 3.43. The normalized spacial score (nSPS) is 21.1. The van der Waals surface area contributed by atoms with E-state index < -0.39 is 0 Å². The predicted molar refractivity (Wildman–Crippen MR) is 57.4 cm³/mol. The smallest absolute Gasteiger partial charge is 0.0448 e. The molecule has 0 saturated heterocycles. The largest absolute Gasteiger partial charge is 0.362 e. The van der Waals surface area contributed by atoms with E-state index in [-0.39, 0.29) is 0 Å². The molecule has 1 unspecified atom stereocenters. The van der Waals surface area contributed by atoms with E-state index in [0.29, 0.717) is 6.04 Å². The standard InChI is InChI=1S/C11H12ClN/c1-9-4-3-7-13(9)11-6-2-5-10(12)8-11/h2-6,8-9H,7H2,1H3. The average Bonchev–Trinajstić information content (AvgIpc) is 2.51. The maximum atomic E-state index is 5.92. The fourth-order valence-electron chi connectivity index (χ4n) is 1.64. The molecule has 0 bridgehead atoms. The highest BCUT2D eigenvalue weighted by atomic mass is 35.5. The Hall–Kier alpha value is -0.950. The Bertz CT molecular complexity index is 333. The summed E-state index contributed by atoms with van der Waals surface area (Å²) in [7, 11) is 0. The van der Waals surface area contributed by atoms with Crippen molar-refractivity contribution in [3.8, 4) is 0 Å². The van der Waals surface area contributed by atoms with Crippen LogP contribution >= 0.6 is 11.6 Å². The molecule has 1 aromatic carbocycles. The molecule has 13 heavy (non-hydrogen) atoms. The molecule has 0 aliphatic carbocycles. The number of anilines is 1. The van der Waals surface area contributed by atoms with Gasteiger partial charge in [0.05, 0.1) is 0 Å². The van der Waals surface area contributed by atoms with Crippen molar-refractivity contribution in [3.63, 3.8) is 0 Å². The number of hydrogen-bond donors (Lipinski definition) is 0. The SMILES string of the molecule is CC1C=CCN1c1cccc(Cl)c1. The van der Waals surface area contributed by atoms with Gasteiger partial charge < -0.3 is 4.90 Å². The van der Waals surface area contributed by atoms with E-state index in [1.807, 2.05) is 18.2 Å². The van der Waals surface area contributed by atoms with Gasteiger partial charge in [-0.05, 0) is 25.1 Å². The lowest BCUT2D eigenvalue weighted by atomic mass is 10.2. The lowest BCUT2D eigenvalue weighted by Gasteiger charge is -2.23. The summed E-state index contributed by atoms with van der Waals surface area (Å²) in [5, 5.41) is 0.802. The maximum Gasteiger partial charge on any atom is 0.0448 e. The fraction of sp³-hybridized carbons (Fsp3) is 0.273. The van der Waals surface area contributed by atoms with Crippen LogP contribution in [0.2, 0.25) is 5.02 Å². The Morgan fingerprint density at radius 1 is 1.46 bits per heavy atom. The first kappa shape index (κ1) is 8.64. The summed E-state index contributed by atoms with van der Waals surface area (Å²) in [6, 6.07) is 8.47. The van der Waals surface area contributed by atoms with E-state index in [1.54, 1.807) is 0 Å². The second-order valence-electron chi connectivity index (χ2n) is 3.30. The Morgan fingerprint density at radius 3 is 2.92 bits per heavy atom. The first-order valence-electron chi connectivity index (χ1n) is 4.46. The van der Waals surface area contributed by atoms with Gasteiger partial charge in [-0.25, -0.2) is 0 Å². The van der Waals surface area contributed by atoms with Gasteiger partial charge in [-0.15, -0.1) is 0 Å². The van der Waals surface area contributed by atoms with Gasteiger partial charge in [-0.3, -0.25) is 0 Å². The topological polar surface area (TPSA) is 3.24 Å². The Balaban J connectivity index is 2.26. The minimum atomic E-state index is 0.485. The number of nitrogens with zero attached hydrogens (tertiary/aromatic N) is 1. The molecule has 2 heteroatoms. The van der Waals surface area contributed by atoms with Crippen molar-refractivity contribution in [3.05, 3.63) is 41.4 Å². The predicted octanol–water partition coefficient (Wildman–Crippen LogP) is 3.10. The van der Waals surface area contributed by atoms with Gasteiger partial charge in [0.15, 0.2) is 0 Å². The maximum absolute atomic E-state index is 5.92. The van der Waals surface area contributed by atoms with E-state index in [2.05, 4.69) is 30.0 Å². The van der Waals surface area contributed by atoms with Crippen molar-refractivity contribution in [1.82, 2.24) is 0 Å². The molecule has 1 aromatic rings. The Kier molecular flexibility index (Phi) is 2.28. The summed E-state index contributed by atoms with van der Waals surface area (Å²) in [6.07, 6.45) is 4.40. The summed E-state index contributed by atoms with van der Waals surface area (Å²) in [5.74, 6) is 0. The molecule has 2 rings (SSSR count). The first-order valence-corrected chi connectivity index (χ1v) is 4.84. The minimum Gasteiger partial charge on any atom is -0.362 e. The van der Waals surface area contributed by atoms with Gasteiger partial charge in [-0.2, -0.15) is 0 Å². The minimum absolute atomic E-state index is 0.485. The molecule has 68 valence electrons. The van der Waals surface area contributed by atoms with Gasteiger partial charge in [0.2, 0.25) is 0 Å². The first-order chi connectivity index (χ1) is 6.27. The van der Waals surface area contributed by atoms with Crippen molar-refractivity contribution in [2.24, 2.45) is 0 Å². The molecule has 0 aromatic heterocycles. The molecule has 1 aliphatic heterocycles.